The predicted octanol–water partition coefficient (Wildman–Crippen LogP) is 4.21. The SMILES string of the molecule is CC(C)c1nc2c(Cl)ccc(F)c2s1. The molecular weight excluding hydrogens is 221 g/mol. The van der Waals surface area contributed by atoms with E-state index >= 15 is 0 Å². The molecule has 0 unspecified atom stereocenters. The maximum Gasteiger partial charge on any atom is 0.142 e. The Balaban J connectivity index is 2.75. The Morgan fingerprint density at radius 2 is 2.14 bits per heavy atom. The summed E-state index contributed by atoms with van der Waals surface area (Å²) in [6, 6.07) is 2.93. The van der Waals surface area contributed by atoms with Crippen LogP contribution in [0.5, 0.6) is 0 Å². The molecule has 4 heteroatoms. The number of aromatic nitrogens is 1. The number of hydrogen-bond acceptors (Lipinski definition) is 2. The smallest absolute Gasteiger partial charge is 0.142 e. The van der Waals surface area contributed by atoms with E-state index < -0.39 is 0 Å². The predicted molar refractivity (Wildman–Crippen MR) is 58.7 cm³/mol. The Hall–Kier alpha value is -0.670. The van der Waals surface area contributed by atoms with Crippen LogP contribution in [0.15, 0.2) is 12.1 Å². The first-order valence-corrected chi connectivity index (χ1v) is 5.53. The van der Waals surface area contributed by atoms with Gasteiger partial charge in [-0.15, -0.1) is 11.3 Å². The lowest BCUT2D eigenvalue weighted by Crippen LogP contribution is -1.83. The van der Waals surface area contributed by atoms with Gasteiger partial charge in [-0.1, -0.05) is 25.4 Å². The molecule has 0 bridgehead atoms. The van der Waals surface area contributed by atoms with Crippen molar-refractivity contribution >= 4 is 33.2 Å². The Morgan fingerprint density at radius 1 is 1.43 bits per heavy atom. The molecule has 0 aliphatic heterocycles. The number of hydrogen-bond donors (Lipinski definition) is 0. The summed E-state index contributed by atoms with van der Waals surface area (Å²) in [5, 5.41) is 1.44. The van der Waals surface area contributed by atoms with E-state index in [9.17, 15) is 4.39 Å². The van der Waals surface area contributed by atoms with Crippen LogP contribution in [0, 0.1) is 5.82 Å². The van der Waals surface area contributed by atoms with Crippen molar-refractivity contribution in [2.75, 3.05) is 0 Å². The molecule has 74 valence electrons. The minimum atomic E-state index is -0.242. The van der Waals surface area contributed by atoms with Crippen molar-refractivity contribution in [1.82, 2.24) is 4.98 Å². The lowest BCUT2D eigenvalue weighted by molar-refractivity contribution is 0.641. The van der Waals surface area contributed by atoms with Crippen LogP contribution >= 0.6 is 22.9 Å². The highest BCUT2D eigenvalue weighted by Crippen LogP contribution is 2.33. The number of rotatable bonds is 1. The van der Waals surface area contributed by atoms with E-state index in [0.717, 1.165) is 5.01 Å². The van der Waals surface area contributed by atoms with E-state index in [1.54, 1.807) is 6.07 Å². The van der Waals surface area contributed by atoms with Crippen LogP contribution in [-0.4, -0.2) is 4.98 Å². The van der Waals surface area contributed by atoms with Crippen LogP contribution < -0.4 is 0 Å². The number of thiazole rings is 1. The molecule has 0 spiro atoms. The van der Waals surface area contributed by atoms with Crippen LogP contribution in [0.2, 0.25) is 5.02 Å². The van der Waals surface area contributed by atoms with Gasteiger partial charge in [-0.25, -0.2) is 9.37 Å². The molecule has 0 amide bonds. The zero-order valence-electron chi connectivity index (χ0n) is 7.84. The third-order valence-electron chi connectivity index (χ3n) is 1.96. The first kappa shape index (κ1) is 9.87. The second-order valence-corrected chi connectivity index (χ2v) is 4.85. The maximum atomic E-state index is 13.4. The Morgan fingerprint density at radius 3 is 2.71 bits per heavy atom. The van der Waals surface area contributed by atoms with Crippen LogP contribution in [0.1, 0.15) is 24.8 Å². The maximum absolute atomic E-state index is 13.4. The van der Waals surface area contributed by atoms with Gasteiger partial charge >= 0.3 is 0 Å². The summed E-state index contributed by atoms with van der Waals surface area (Å²) in [6.45, 7) is 4.06. The molecule has 0 saturated heterocycles. The first-order chi connectivity index (χ1) is 6.59. The molecule has 2 rings (SSSR count). The lowest BCUT2D eigenvalue weighted by atomic mass is 10.2. The van der Waals surface area contributed by atoms with E-state index in [0.29, 0.717) is 21.2 Å². The molecule has 1 aromatic heterocycles. The van der Waals surface area contributed by atoms with Crippen molar-refractivity contribution in [1.29, 1.82) is 0 Å². The number of fused-ring (bicyclic) bond motifs is 1. The Kier molecular flexibility index (Phi) is 2.45. The Labute approximate surface area is 90.5 Å². The molecule has 2 aromatic rings. The minimum absolute atomic E-state index is 0.242. The summed E-state index contributed by atoms with van der Waals surface area (Å²) in [5.74, 6) is 0.0664. The molecule has 0 atom stereocenters. The van der Waals surface area contributed by atoms with Crippen LogP contribution in [0.4, 0.5) is 4.39 Å². The fraction of sp³-hybridized carbons (Fsp3) is 0.300. The molecular formula is C10H9ClFNS. The number of benzene rings is 1. The summed E-state index contributed by atoms with van der Waals surface area (Å²) in [4.78, 5) is 4.32. The van der Waals surface area contributed by atoms with Crippen LogP contribution in [-0.2, 0) is 0 Å². The minimum Gasteiger partial charge on any atom is -0.239 e. The molecule has 14 heavy (non-hydrogen) atoms. The first-order valence-electron chi connectivity index (χ1n) is 4.34. The highest BCUT2D eigenvalue weighted by atomic mass is 35.5. The molecule has 1 nitrogen and oxygen atoms in total. The summed E-state index contributed by atoms with van der Waals surface area (Å²) in [5.41, 5.74) is 0.584. The van der Waals surface area contributed by atoms with Gasteiger partial charge in [0, 0.05) is 5.92 Å². The van der Waals surface area contributed by atoms with Gasteiger partial charge in [-0.3, -0.25) is 0 Å². The van der Waals surface area contributed by atoms with E-state index in [-0.39, 0.29) is 5.82 Å². The summed E-state index contributed by atoms with van der Waals surface area (Å²) in [6.07, 6.45) is 0. The average Bonchev–Trinajstić information content (AvgIpc) is 2.57. The van der Waals surface area contributed by atoms with E-state index in [4.69, 9.17) is 11.6 Å². The molecule has 0 radical (unpaired) electrons. The highest BCUT2D eigenvalue weighted by molar-refractivity contribution is 7.18. The molecule has 0 N–H and O–H groups in total. The fourth-order valence-electron chi connectivity index (χ4n) is 1.21. The van der Waals surface area contributed by atoms with Crippen LogP contribution in [0.3, 0.4) is 0 Å². The fourth-order valence-corrected chi connectivity index (χ4v) is 2.46. The quantitative estimate of drug-likeness (QED) is 0.714. The van der Waals surface area contributed by atoms with Gasteiger partial charge in [0.1, 0.15) is 11.3 Å². The summed E-state index contributed by atoms with van der Waals surface area (Å²) in [7, 11) is 0. The van der Waals surface area contributed by atoms with Gasteiger partial charge in [-0.2, -0.15) is 0 Å². The third kappa shape index (κ3) is 1.51. The lowest BCUT2D eigenvalue weighted by Gasteiger charge is -1.94. The number of halogens is 2. The highest BCUT2D eigenvalue weighted by Gasteiger charge is 2.12. The van der Waals surface area contributed by atoms with Crippen molar-refractivity contribution in [3.05, 3.63) is 28.0 Å². The normalized spacial score (nSPS) is 11.5. The van der Waals surface area contributed by atoms with Crippen molar-refractivity contribution in [3.63, 3.8) is 0 Å². The zero-order valence-corrected chi connectivity index (χ0v) is 9.42. The van der Waals surface area contributed by atoms with Gasteiger partial charge in [0.05, 0.1) is 14.7 Å². The molecule has 1 aromatic carbocycles. The monoisotopic (exact) mass is 229 g/mol. The van der Waals surface area contributed by atoms with E-state index in [1.165, 1.54) is 17.4 Å². The van der Waals surface area contributed by atoms with E-state index in [1.807, 2.05) is 13.8 Å². The van der Waals surface area contributed by atoms with Gasteiger partial charge in [-0.05, 0) is 12.1 Å². The van der Waals surface area contributed by atoms with Crippen molar-refractivity contribution in [2.24, 2.45) is 0 Å². The van der Waals surface area contributed by atoms with E-state index in [2.05, 4.69) is 4.98 Å². The molecule has 0 fully saturated rings. The van der Waals surface area contributed by atoms with Gasteiger partial charge < -0.3 is 0 Å². The van der Waals surface area contributed by atoms with Gasteiger partial charge in [0.25, 0.3) is 0 Å². The second-order valence-electron chi connectivity index (χ2n) is 3.41. The van der Waals surface area contributed by atoms with Crippen molar-refractivity contribution < 1.29 is 4.39 Å². The molecule has 0 saturated carbocycles. The van der Waals surface area contributed by atoms with Gasteiger partial charge in [0.2, 0.25) is 0 Å². The zero-order chi connectivity index (χ0) is 10.3. The largest absolute Gasteiger partial charge is 0.239 e. The van der Waals surface area contributed by atoms with Gasteiger partial charge in [0.15, 0.2) is 0 Å². The van der Waals surface area contributed by atoms with Crippen molar-refractivity contribution in [3.8, 4) is 0 Å². The van der Waals surface area contributed by atoms with Crippen molar-refractivity contribution in [2.45, 2.75) is 19.8 Å². The molecule has 0 aliphatic rings. The van der Waals surface area contributed by atoms with Crippen LogP contribution in [0.25, 0.3) is 10.2 Å². The Bertz CT molecular complexity index is 439. The standard InChI is InChI=1S/C10H9ClFNS/c1-5(2)10-13-8-6(11)3-4-7(12)9(8)14-10/h3-5H,1-2H3. The summed E-state index contributed by atoms with van der Waals surface area (Å²) < 4.78 is 13.9. The molecule has 0 aliphatic carbocycles. The topological polar surface area (TPSA) is 12.9 Å². The average molecular weight is 230 g/mol. The third-order valence-corrected chi connectivity index (χ3v) is 3.63. The second kappa shape index (κ2) is 3.48. The molecule has 1 heterocycles. The summed E-state index contributed by atoms with van der Waals surface area (Å²) >= 11 is 7.30. The number of nitrogens with zero attached hydrogens (tertiary/aromatic N) is 1.